The van der Waals surface area contributed by atoms with Crippen LogP contribution in [-0.4, -0.2) is 40.4 Å². The van der Waals surface area contributed by atoms with Crippen molar-refractivity contribution in [1.82, 2.24) is 14.3 Å². The SMILES string of the molecule is CC1CN(Cc2ccccc2)CCN(c2nc(N)ns2)C1. The highest BCUT2D eigenvalue weighted by Crippen LogP contribution is 2.22. The standard InChI is InChI=1S/C15H21N5S/c1-12-9-19(11-13-5-3-2-4-6-13)7-8-20(10-12)15-17-14(16)18-21-15/h2-6,12H,7-11H2,1H3,(H2,16,18). The summed E-state index contributed by atoms with van der Waals surface area (Å²) in [5.74, 6) is 0.981. The van der Waals surface area contributed by atoms with Gasteiger partial charge in [-0.3, -0.25) is 4.90 Å². The molecule has 0 radical (unpaired) electrons. The quantitative estimate of drug-likeness (QED) is 0.941. The molecule has 1 aliphatic rings. The summed E-state index contributed by atoms with van der Waals surface area (Å²) in [6.45, 7) is 7.45. The largest absolute Gasteiger partial charge is 0.367 e. The van der Waals surface area contributed by atoms with Crippen molar-refractivity contribution in [3.05, 3.63) is 35.9 Å². The molecule has 0 amide bonds. The van der Waals surface area contributed by atoms with Crippen molar-refractivity contribution in [3.8, 4) is 0 Å². The topological polar surface area (TPSA) is 58.3 Å². The predicted octanol–water partition coefficient (Wildman–Crippen LogP) is 2.08. The fraction of sp³-hybridized carbons (Fsp3) is 0.467. The maximum absolute atomic E-state index is 5.64. The number of hydrogen-bond acceptors (Lipinski definition) is 6. The van der Waals surface area contributed by atoms with Gasteiger partial charge in [0.1, 0.15) is 0 Å². The Morgan fingerprint density at radius 1 is 1.24 bits per heavy atom. The number of hydrogen-bond donors (Lipinski definition) is 1. The van der Waals surface area contributed by atoms with Crippen LogP contribution in [0.25, 0.3) is 0 Å². The monoisotopic (exact) mass is 303 g/mol. The number of nitrogen functional groups attached to an aromatic ring is 1. The molecule has 0 spiro atoms. The van der Waals surface area contributed by atoms with Crippen LogP contribution in [0.1, 0.15) is 12.5 Å². The van der Waals surface area contributed by atoms with Gasteiger partial charge in [-0.2, -0.15) is 9.36 Å². The van der Waals surface area contributed by atoms with E-state index in [9.17, 15) is 0 Å². The number of anilines is 2. The van der Waals surface area contributed by atoms with Crippen LogP contribution in [0.15, 0.2) is 30.3 Å². The lowest BCUT2D eigenvalue weighted by atomic mass is 10.1. The van der Waals surface area contributed by atoms with Gasteiger partial charge < -0.3 is 10.6 Å². The molecule has 1 saturated heterocycles. The Morgan fingerprint density at radius 2 is 2.05 bits per heavy atom. The molecule has 5 nitrogen and oxygen atoms in total. The van der Waals surface area contributed by atoms with Crippen molar-refractivity contribution in [2.75, 3.05) is 36.8 Å². The third kappa shape index (κ3) is 3.71. The number of nitrogens with two attached hydrogens (primary N) is 1. The van der Waals surface area contributed by atoms with E-state index in [1.54, 1.807) is 0 Å². The smallest absolute Gasteiger partial charge is 0.233 e. The van der Waals surface area contributed by atoms with Gasteiger partial charge in [-0.25, -0.2) is 0 Å². The highest BCUT2D eigenvalue weighted by Gasteiger charge is 2.22. The molecule has 1 unspecified atom stereocenters. The zero-order valence-electron chi connectivity index (χ0n) is 12.3. The first-order valence-electron chi connectivity index (χ1n) is 7.31. The Bertz CT molecular complexity index is 570. The fourth-order valence-electron chi connectivity index (χ4n) is 2.83. The summed E-state index contributed by atoms with van der Waals surface area (Å²) >= 11 is 1.39. The minimum atomic E-state index is 0.382. The zero-order valence-corrected chi connectivity index (χ0v) is 13.1. The van der Waals surface area contributed by atoms with Crippen LogP contribution in [0.2, 0.25) is 0 Å². The summed E-state index contributed by atoms with van der Waals surface area (Å²) in [4.78, 5) is 9.14. The second-order valence-electron chi connectivity index (χ2n) is 5.71. The molecule has 1 aromatic carbocycles. The predicted molar refractivity (Wildman–Crippen MR) is 87.4 cm³/mol. The molecule has 1 atom stereocenters. The van der Waals surface area contributed by atoms with Gasteiger partial charge in [0.25, 0.3) is 0 Å². The van der Waals surface area contributed by atoms with Crippen LogP contribution in [-0.2, 0) is 6.54 Å². The molecule has 1 aromatic heterocycles. The number of aromatic nitrogens is 2. The fourth-order valence-corrected chi connectivity index (χ4v) is 3.46. The van der Waals surface area contributed by atoms with Gasteiger partial charge in [0.15, 0.2) is 0 Å². The van der Waals surface area contributed by atoms with Crippen LogP contribution in [0, 0.1) is 5.92 Å². The Morgan fingerprint density at radius 3 is 2.76 bits per heavy atom. The van der Waals surface area contributed by atoms with Gasteiger partial charge >= 0.3 is 0 Å². The van der Waals surface area contributed by atoms with Crippen LogP contribution < -0.4 is 10.6 Å². The van der Waals surface area contributed by atoms with Gasteiger partial charge in [0.2, 0.25) is 11.1 Å². The van der Waals surface area contributed by atoms with Crippen LogP contribution in [0.5, 0.6) is 0 Å². The average Bonchev–Trinajstić information content (AvgIpc) is 2.82. The molecule has 6 heteroatoms. The van der Waals surface area contributed by atoms with Crippen molar-refractivity contribution in [3.63, 3.8) is 0 Å². The molecule has 3 rings (SSSR count). The van der Waals surface area contributed by atoms with Gasteiger partial charge in [-0.15, -0.1) is 0 Å². The second-order valence-corrected chi connectivity index (χ2v) is 6.44. The summed E-state index contributed by atoms with van der Waals surface area (Å²) in [6, 6.07) is 10.7. The first-order valence-corrected chi connectivity index (χ1v) is 8.08. The van der Waals surface area contributed by atoms with Crippen molar-refractivity contribution < 1.29 is 0 Å². The summed E-state index contributed by atoms with van der Waals surface area (Å²) in [5.41, 5.74) is 7.01. The third-order valence-electron chi connectivity index (χ3n) is 3.74. The number of rotatable bonds is 3. The van der Waals surface area contributed by atoms with Crippen molar-refractivity contribution in [1.29, 1.82) is 0 Å². The molecule has 2 heterocycles. The molecular weight excluding hydrogens is 282 g/mol. The molecule has 1 aliphatic heterocycles. The van der Waals surface area contributed by atoms with Gasteiger partial charge in [-0.05, 0) is 11.5 Å². The van der Waals surface area contributed by atoms with Crippen molar-refractivity contribution in [2.45, 2.75) is 13.5 Å². The normalized spacial score (nSPS) is 20.4. The number of nitrogens with zero attached hydrogens (tertiary/aromatic N) is 4. The van der Waals surface area contributed by atoms with E-state index in [2.05, 4.69) is 56.4 Å². The minimum Gasteiger partial charge on any atom is -0.367 e. The summed E-state index contributed by atoms with van der Waals surface area (Å²) < 4.78 is 4.09. The van der Waals surface area contributed by atoms with Gasteiger partial charge in [-0.1, -0.05) is 37.3 Å². The molecular formula is C15H21N5S. The highest BCUT2D eigenvalue weighted by atomic mass is 32.1. The Labute approximate surface area is 129 Å². The molecule has 0 saturated carbocycles. The third-order valence-corrected chi connectivity index (χ3v) is 4.53. The van der Waals surface area contributed by atoms with E-state index in [0.717, 1.165) is 37.9 Å². The van der Waals surface area contributed by atoms with E-state index in [1.807, 2.05) is 0 Å². The number of benzene rings is 1. The molecule has 1 fully saturated rings. The van der Waals surface area contributed by atoms with Crippen molar-refractivity contribution in [2.24, 2.45) is 5.92 Å². The van der Waals surface area contributed by atoms with Gasteiger partial charge in [0, 0.05) is 44.3 Å². The molecule has 112 valence electrons. The van der Waals surface area contributed by atoms with E-state index in [0.29, 0.717) is 11.9 Å². The maximum atomic E-state index is 5.64. The highest BCUT2D eigenvalue weighted by molar-refractivity contribution is 7.09. The molecule has 0 bridgehead atoms. The Balaban J connectivity index is 1.65. The van der Waals surface area contributed by atoms with Crippen molar-refractivity contribution >= 4 is 22.6 Å². The minimum absolute atomic E-state index is 0.382. The maximum Gasteiger partial charge on any atom is 0.233 e. The molecule has 2 aromatic rings. The first-order chi connectivity index (χ1) is 10.2. The second kappa shape index (κ2) is 6.41. The molecule has 0 aliphatic carbocycles. The Kier molecular flexibility index (Phi) is 4.36. The van der Waals surface area contributed by atoms with E-state index in [-0.39, 0.29) is 0 Å². The van der Waals surface area contributed by atoms with E-state index >= 15 is 0 Å². The summed E-state index contributed by atoms with van der Waals surface area (Å²) in [5, 5.41) is 0.945. The first kappa shape index (κ1) is 14.3. The van der Waals surface area contributed by atoms with Gasteiger partial charge in [0.05, 0.1) is 0 Å². The lowest BCUT2D eigenvalue weighted by molar-refractivity contribution is 0.257. The Hall–Kier alpha value is -1.66. The average molecular weight is 303 g/mol. The molecule has 21 heavy (non-hydrogen) atoms. The summed E-state index contributed by atoms with van der Waals surface area (Å²) in [7, 11) is 0. The lowest BCUT2D eigenvalue weighted by Crippen LogP contribution is -2.30. The van der Waals surface area contributed by atoms with Crippen LogP contribution in [0.4, 0.5) is 11.1 Å². The van der Waals surface area contributed by atoms with E-state index < -0.39 is 0 Å². The lowest BCUT2D eigenvalue weighted by Gasteiger charge is -2.21. The van der Waals surface area contributed by atoms with Crippen LogP contribution >= 0.6 is 11.5 Å². The summed E-state index contributed by atoms with van der Waals surface area (Å²) in [6.07, 6.45) is 0. The van der Waals surface area contributed by atoms with E-state index in [1.165, 1.54) is 17.1 Å². The molecule has 2 N–H and O–H groups in total. The van der Waals surface area contributed by atoms with E-state index in [4.69, 9.17) is 5.73 Å². The van der Waals surface area contributed by atoms with Crippen LogP contribution in [0.3, 0.4) is 0 Å². The zero-order chi connectivity index (χ0) is 14.7.